The Balaban J connectivity index is 1.96. The van der Waals surface area contributed by atoms with Crippen molar-refractivity contribution in [1.82, 2.24) is 5.32 Å². The summed E-state index contributed by atoms with van der Waals surface area (Å²) in [7, 11) is 0. The molecule has 0 unspecified atom stereocenters. The van der Waals surface area contributed by atoms with Gasteiger partial charge < -0.3 is 5.32 Å². The van der Waals surface area contributed by atoms with Gasteiger partial charge in [0.15, 0.2) is 0 Å². The number of hydrogen-bond donors (Lipinski definition) is 1. The Kier molecular flexibility index (Phi) is 4.25. The highest BCUT2D eigenvalue weighted by atomic mass is 35.5. The summed E-state index contributed by atoms with van der Waals surface area (Å²) in [6, 6.07) is 9.16. The van der Waals surface area contributed by atoms with Crippen molar-refractivity contribution in [3.63, 3.8) is 0 Å². The Morgan fingerprint density at radius 2 is 1.88 bits per heavy atom. The molecule has 2 rings (SSSR count). The molecule has 1 aliphatic rings. The molecule has 0 heterocycles. The quantitative estimate of drug-likeness (QED) is 0.826. The Morgan fingerprint density at radius 1 is 1.19 bits per heavy atom. The summed E-state index contributed by atoms with van der Waals surface area (Å²) in [6.07, 6.45) is 6.77. The minimum atomic E-state index is 0.358. The van der Waals surface area contributed by atoms with E-state index in [9.17, 15) is 0 Å². The van der Waals surface area contributed by atoms with Crippen LogP contribution in [0.2, 0.25) is 5.02 Å². The predicted octanol–water partition coefficient (Wildman–Crippen LogP) is 4.32. The van der Waals surface area contributed by atoms with Gasteiger partial charge >= 0.3 is 0 Å². The van der Waals surface area contributed by atoms with Gasteiger partial charge in [0, 0.05) is 17.1 Å². The van der Waals surface area contributed by atoms with Gasteiger partial charge in [0.2, 0.25) is 0 Å². The number of hydrogen-bond acceptors (Lipinski definition) is 1. The van der Waals surface area contributed by atoms with Crippen LogP contribution in [-0.4, -0.2) is 6.04 Å². The molecular weight excluding hydrogens is 218 g/mol. The Bertz CT molecular complexity index is 331. The normalized spacial score (nSPS) is 19.6. The van der Waals surface area contributed by atoms with Crippen LogP contribution in [-0.2, 0) is 0 Å². The van der Waals surface area contributed by atoms with E-state index < -0.39 is 0 Å². The molecule has 1 aliphatic carbocycles. The van der Waals surface area contributed by atoms with Crippen molar-refractivity contribution >= 4 is 11.6 Å². The lowest BCUT2D eigenvalue weighted by atomic mass is 9.94. The monoisotopic (exact) mass is 237 g/mol. The molecule has 1 fully saturated rings. The first-order valence-corrected chi connectivity index (χ1v) is 6.65. The lowest BCUT2D eigenvalue weighted by Gasteiger charge is -2.27. The molecule has 1 aromatic carbocycles. The molecule has 0 spiro atoms. The van der Waals surface area contributed by atoms with Crippen LogP contribution in [0.3, 0.4) is 0 Å². The molecule has 2 heteroatoms. The fraction of sp³-hybridized carbons (Fsp3) is 0.571. The second-order valence-electron chi connectivity index (χ2n) is 4.74. The van der Waals surface area contributed by atoms with Gasteiger partial charge in [-0.15, -0.1) is 0 Å². The van der Waals surface area contributed by atoms with Gasteiger partial charge in [-0.1, -0.05) is 49.1 Å². The van der Waals surface area contributed by atoms with E-state index in [0.29, 0.717) is 12.1 Å². The van der Waals surface area contributed by atoms with Crippen molar-refractivity contribution in [3.05, 3.63) is 34.9 Å². The molecule has 1 aromatic rings. The molecule has 0 radical (unpaired) electrons. The summed E-state index contributed by atoms with van der Waals surface area (Å²) < 4.78 is 0. The smallest absolute Gasteiger partial charge is 0.0453 e. The zero-order valence-electron chi connectivity index (χ0n) is 9.88. The molecule has 0 amide bonds. The molecule has 1 atom stereocenters. The minimum absolute atomic E-state index is 0.358. The van der Waals surface area contributed by atoms with Crippen LogP contribution >= 0.6 is 11.6 Å². The summed E-state index contributed by atoms with van der Waals surface area (Å²) in [6.45, 7) is 2.20. The second kappa shape index (κ2) is 5.70. The van der Waals surface area contributed by atoms with Gasteiger partial charge in [-0.05, 0) is 31.4 Å². The molecule has 1 nitrogen and oxygen atoms in total. The highest BCUT2D eigenvalue weighted by molar-refractivity contribution is 6.31. The molecule has 16 heavy (non-hydrogen) atoms. The fourth-order valence-electron chi connectivity index (χ4n) is 2.54. The van der Waals surface area contributed by atoms with E-state index in [4.69, 9.17) is 11.6 Å². The fourth-order valence-corrected chi connectivity index (χ4v) is 2.84. The van der Waals surface area contributed by atoms with Crippen LogP contribution in [0.25, 0.3) is 0 Å². The summed E-state index contributed by atoms with van der Waals surface area (Å²) in [4.78, 5) is 0. The molecular formula is C14H20ClN. The Morgan fingerprint density at radius 3 is 2.56 bits per heavy atom. The van der Waals surface area contributed by atoms with E-state index in [2.05, 4.69) is 24.4 Å². The highest BCUT2D eigenvalue weighted by Gasteiger charge is 2.17. The van der Waals surface area contributed by atoms with Crippen LogP contribution in [0.4, 0.5) is 0 Å². The van der Waals surface area contributed by atoms with E-state index in [1.807, 2.05) is 12.1 Å². The third-order valence-corrected chi connectivity index (χ3v) is 3.81. The maximum Gasteiger partial charge on any atom is 0.0453 e. The molecule has 1 saturated carbocycles. The maximum absolute atomic E-state index is 6.20. The summed E-state index contributed by atoms with van der Waals surface area (Å²) >= 11 is 6.20. The minimum Gasteiger partial charge on any atom is -0.307 e. The topological polar surface area (TPSA) is 12.0 Å². The van der Waals surface area contributed by atoms with Gasteiger partial charge in [0.1, 0.15) is 0 Å². The molecule has 1 N–H and O–H groups in total. The van der Waals surface area contributed by atoms with Crippen LogP contribution in [0.1, 0.15) is 50.6 Å². The number of nitrogens with one attached hydrogen (secondary N) is 1. The SMILES string of the molecule is C[C@H](NC1CCCCC1)c1ccccc1Cl. The van der Waals surface area contributed by atoms with Crippen molar-refractivity contribution in [3.8, 4) is 0 Å². The van der Waals surface area contributed by atoms with Crippen molar-refractivity contribution in [2.24, 2.45) is 0 Å². The van der Waals surface area contributed by atoms with Crippen LogP contribution in [0.15, 0.2) is 24.3 Å². The molecule has 0 saturated heterocycles. The van der Waals surface area contributed by atoms with Gasteiger partial charge in [-0.2, -0.15) is 0 Å². The lowest BCUT2D eigenvalue weighted by Crippen LogP contribution is -2.33. The van der Waals surface area contributed by atoms with Crippen LogP contribution in [0, 0.1) is 0 Å². The lowest BCUT2D eigenvalue weighted by molar-refractivity contribution is 0.347. The average Bonchev–Trinajstić information content (AvgIpc) is 2.31. The number of rotatable bonds is 3. The Labute approximate surface area is 103 Å². The number of halogens is 1. The highest BCUT2D eigenvalue weighted by Crippen LogP contribution is 2.25. The average molecular weight is 238 g/mol. The van der Waals surface area contributed by atoms with Crippen molar-refractivity contribution in [2.75, 3.05) is 0 Å². The first-order chi connectivity index (χ1) is 7.77. The molecule has 0 aliphatic heterocycles. The van der Waals surface area contributed by atoms with Crippen molar-refractivity contribution < 1.29 is 0 Å². The largest absolute Gasteiger partial charge is 0.307 e. The van der Waals surface area contributed by atoms with E-state index in [1.165, 1.54) is 37.7 Å². The van der Waals surface area contributed by atoms with Crippen LogP contribution in [0.5, 0.6) is 0 Å². The van der Waals surface area contributed by atoms with E-state index in [1.54, 1.807) is 0 Å². The summed E-state index contributed by atoms with van der Waals surface area (Å²) in [5, 5.41) is 4.56. The van der Waals surface area contributed by atoms with Crippen LogP contribution < -0.4 is 5.32 Å². The summed E-state index contributed by atoms with van der Waals surface area (Å²) in [5.74, 6) is 0. The van der Waals surface area contributed by atoms with Gasteiger partial charge in [-0.25, -0.2) is 0 Å². The molecule has 0 aromatic heterocycles. The van der Waals surface area contributed by atoms with Crippen molar-refractivity contribution in [1.29, 1.82) is 0 Å². The molecule has 88 valence electrons. The summed E-state index contributed by atoms with van der Waals surface area (Å²) in [5.41, 5.74) is 1.22. The third-order valence-electron chi connectivity index (χ3n) is 3.46. The standard InChI is InChI=1S/C14H20ClN/c1-11(13-9-5-6-10-14(13)15)16-12-7-3-2-4-8-12/h5-6,9-12,16H,2-4,7-8H2,1H3/t11-/m0/s1. The second-order valence-corrected chi connectivity index (χ2v) is 5.15. The Hall–Kier alpha value is -0.530. The number of benzene rings is 1. The zero-order valence-corrected chi connectivity index (χ0v) is 10.6. The maximum atomic E-state index is 6.20. The first kappa shape index (κ1) is 11.9. The third kappa shape index (κ3) is 2.99. The van der Waals surface area contributed by atoms with E-state index in [-0.39, 0.29) is 0 Å². The predicted molar refractivity (Wildman–Crippen MR) is 69.9 cm³/mol. The van der Waals surface area contributed by atoms with Gasteiger partial charge in [-0.3, -0.25) is 0 Å². The first-order valence-electron chi connectivity index (χ1n) is 6.28. The van der Waals surface area contributed by atoms with E-state index >= 15 is 0 Å². The zero-order chi connectivity index (χ0) is 11.4. The van der Waals surface area contributed by atoms with Gasteiger partial charge in [0.25, 0.3) is 0 Å². The van der Waals surface area contributed by atoms with Gasteiger partial charge in [0.05, 0.1) is 0 Å². The van der Waals surface area contributed by atoms with Crippen molar-refractivity contribution in [2.45, 2.75) is 51.1 Å². The van der Waals surface area contributed by atoms with E-state index in [0.717, 1.165) is 5.02 Å². The molecule has 0 bridgehead atoms.